The molecule has 0 saturated carbocycles. The standard InChI is InChI=1S/C13H20O/c1-3-4-8-12(10-14)13-9-6-5-7-11(13)2/h5-7,9,12,14H,3-4,8,10H2,1-2H3. The van der Waals surface area contributed by atoms with E-state index < -0.39 is 0 Å². The molecule has 0 amide bonds. The third-order valence-electron chi connectivity index (χ3n) is 2.75. The average molecular weight is 192 g/mol. The van der Waals surface area contributed by atoms with E-state index in [0.717, 1.165) is 6.42 Å². The molecule has 1 N–H and O–H groups in total. The van der Waals surface area contributed by atoms with Gasteiger partial charge in [-0.05, 0) is 24.5 Å². The van der Waals surface area contributed by atoms with E-state index >= 15 is 0 Å². The maximum Gasteiger partial charge on any atom is 0.0499 e. The highest BCUT2D eigenvalue weighted by Crippen LogP contribution is 2.24. The van der Waals surface area contributed by atoms with Crippen molar-refractivity contribution in [3.05, 3.63) is 35.4 Å². The second kappa shape index (κ2) is 5.82. The number of aliphatic hydroxyl groups excluding tert-OH is 1. The van der Waals surface area contributed by atoms with Crippen LogP contribution in [0, 0.1) is 6.92 Å². The quantitative estimate of drug-likeness (QED) is 0.759. The van der Waals surface area contributed by atoms with Crippen molar-refractivity contribution >= 4 is 0 Å². The first kappa shape index (κ1) is 11.3. The van der Waals surface area contributed by atoms with Gasteiger partial charge >= 0.3 is 0 Å². The zero-order valence-electron chi connectivity index (χ0n) is 9.16. The van der Waals surface area contributed by atoms with Gasteiger partial charge in [0.15, 0.2) is 0 Å². The molecule has 0 aliphatic heterocycles. The molecule has 0 saturated heterocycles. The summed E-state index contributed by atoms with van der Waals surface area (Å²) in [6, 6.07) is 8.35. The van der Waals surface area contributed by atoms with Gasteiger partial charge in [0.25, 0.3) is 0 Å². The lowest BCUT2D eigenvalue weighted by molar-refractivity contribution is 0.257. The second-order valence-corrected chi connectivity index (χ2v) is 3.88. The Morgan fingerprint density at radius 2 is 2.00 bits per heavy atom. The first-order valence-electron chi connectivity index (χ1n) is 5.46. The van der Waals surface area contributed by atoms with E-state index in [0.29, 0.717) is 5.92 Å². The molecule has 0 bridgehead atoms. The first-order chi connectivity index (χ1) is 6.79. The van der Waals surface area contributed by atoms with E-state index in [1.54, 1.807) is 0 Å². The van der Waals surface area contributed by atoms with Gasteiger partial charge in [0.2, 0.25) is 0 Å². The minimum absolute atomic E-state index is 0.269. The summed E-state index contributed by atoms with van der Waals surface area (Å²) in [5.74, 6) is 0.330. The van der Waals surface area contributed by atoms with Crippen LogP contribution in [0.15, 0.2) is 24.3 Å². The van der Waals surface area contributed by atoms with Crippen molar-refractivity contribution in [1.29, 1.82) is 0 Å². The third-order valence-corrected chi connectivity index (χ3v) is 2.75. The van der Waals surface area contributed by atoms with Crippen LogP contribution < -0.4 is 0 Å². The predicted molar refractivity (Wildman–Crippen MR) is 60.5 cm³/mol. The minimum atomic E-state index is 0.269. The monoisotopic (exact) mass is 192 g/mol. The Bertz CT molecular complexity index is 268. The van der Waals surface area contributed by atoms with Crippen LogP contribution in [-0.4, -0.2) is 11.7 Å². The van der Waals surface area contributed by atoms with Crippen LogP contribution >= 0.6 is 0 Å². The fourth-order valence-electron chi connectivity index (χ4n) is 1.84. The van der Waals surface area contributed by atoms with E-state index in [1.807, 2.05) is 6.07 Å². The molecule has 1 heteroatoms. The summed E-state index contributed by atoms with van der Waals surface area (Å²) in [6.45, 7) is 4.57. The Morgan fingerprint density at radius 3 is 2.57 bits per heavy atom. The fraction of sp³-hybridized carbons (Fsp3) is 0.538. The highest BCUT2D eigenvalue weighted by molar-refractivity contribution is 5.29. The van der Waals surface area contributed by atoms with Gasteiger partial charge in [-0.25, -0.2) is 0 Å². The average Bonchev–Trinajstić information content (AvgIpc) is 2.21. The molecule has 0 aromatic heterocycles. The molecule has 0 fully saturated rings. The van der Waals surface area contributed by atoms with Crippen LogP contribution in [-0.2, 0) is 0 Å². The maximum absolute atomic E-state index is 9.33. The number of unbranched alkanes of at least 4 members (excludes halogenated alkanes) is 1. The Morgan fingerprint density at radius 1 is 1.29 bits per heavy atom. The molecule has 78 valence electrons. The Labute approximate surface area is 86.8 Å². The van der Waals surface area contributed by atoms with Crippen molar-refractivity contribution in [3.8, 4) is 0 Å². The summed E-state index contributed by atoms with van der Waals surface area (Å²) in [5.41, 5.74) is 2.60. The summed E-state index contributed by atoms with van der Waals surface area (Å²) < 4.78 is 0. The van der Waals surface area contributed by atoms with Gasteiger partial charge in [0.05, 0.1) is 0 Å². The van der Waals surface area contributed by atoms with E-state index in [9.17, 15) is 5.11 Å². The molecular weight excluding hydrogens is 172 g/mol. The normalized spacial score (nSPS) is 12.8. The van der Waals surface area contributed by atoms with Crippen molar-refractivity contribution in [3.63, 3.8) is 0 Å². The Balaban J connectivity index is 2.73. The second-order valence-electron chi connectivity index (χ2n) is 3.88. The fourth-order valence-corrected chi connectivity index (χ4v) is 1.84. The number of aryl methyl sites for hydroxylation is 1. The zero-order chi connectivity index (χ0) is 10.4. The SMILES string of the molecule is CCCCC(CO)c1ccccc1C. The largest absolute Gasteiger partial charge is 0.396 e. The molecule has 1 aromatic rings. The molecular formula is C13H20O. The highest BCUT2D eigenvalue weighted by atomic mass is 16.3. The Kier molecular flexibility index (Phi) is 4.68. The van der Waals surface area contributed by atoms with Crippen molar-refractivity contribution < 1.29 is 5.11 Å². The number of aliphatic hydroxyl groups is 1. The van der Waals surface area contributed by atoms with E-state index in [2.05, 4.69) is 32.0 Å². The molecule has 0 aliphatic carbocycles. The molecule has 0 radical (unpaired) electrons. The number of hydrogen-bond acceptors (Lipinski definition) is 1. The smallest absolute Gasteiger partial charge is 0.0499 e. The van der Waals surface area contributed by atoms with E-state index in [-0.39, 0.29) is 6.61 Å². The lowest BCUT2D eigenvalue weighted by Gasteiger charge is -2.16. The topological polar surface area (TPSA) is 20.2 Å². The maximum atomic E-state index is 9.33. The predicted octanol–water partition coefficient (Wildman–Crippen LogP) is 3.26. The van der Waals surface area contributed by atoms with Crippen LogP contribution in [0.4, 0.5) is 0 Å². The summed E-state index contributed by atoms with van der Waals surface area (Å²) in [4.78, 5) is 0. The molecule has 1 nitrogen and oxygen atoms in total. The van der Waals surface area contributed by atoms with Crippen molar-refractivity contribution in [2.45, 2.75) is 39.0 Å². The van der Waals surface area contributed by atoms with Crippen LogP contribution in [0.5, 0.6) is 0 Å². The molecule has 1 rings (SSSR count). The zero-order valence-corrected chi connectivity index (χ0v) is 9.16. The van der Waals surface area contributed by atoms with Crippen LogP contribution in [0.1, 0.15) is 43.2 Å². The van der Waals surface area contributed by atoms with E-state index in [1.165, 1.54) is 24.0 Å². The number of hydrogen-bond donors (Lipinski definition) is 1. The van der Waals surface area contributed by atoms with Crippen LogP contribution in [0.25, 0.3) is 0 Å². The lowest BCUT2D eigenvalue weighted by Crippen LogP contribution is -2.05. The highest BCUT2D eigenvalue weighted by Gasteiger charge is 2.11. The van der Waals surface area contributed by atoms with Crippen molar-refractivity contribution in [1.82, 2.24) is 0 Å². The summed E-state index contributed by atoms with van der Waals surface area (Å²) in [5, 5.41) is 9.33. The van der Waals surface area contributed by atoms with Gasteiger partial charge in [0.1, 0.15) is 0 Å². The van der Waals surface area contributed by atoms with Gasteiger partial charge in [-0.1, -0.05) is 44.0 Å². The molecule has 0 spiro atoms. The lowest BCUT2D eigenvalue weighted by atomic mass is 9.91. The van der Waals surface area contributed by atoms with Gasteiger partial charge < -0.3 is 5.11 Å². The van der Waals surface area contributed by atoms with Crippen LogP contribution in [0.2, 0.25) is 0 Å². The van der Waals surface area contributed by atoms with Gasteiger partial charge in [0, 0.05) is 12.5 Å². The van der Waals surface area contributed by atoms with Crippen molar-refractivity contribution in [2.75, 3.05) is 6.61 Å². The van der Waals surface area contributed by atoms with Crippen molar-refractivity contribution in [2.24, 2.45) is 0 Å². The molecule has 0 aliphatic rings. The number of benzene rings is 1. The summed E-state index contributed by atoms with van der Waals surface area (Å²) in [6.07, 6.45) is 3.49. The molecule has 1 atom stereocenters. The third kappa shape index (κ3) is 2.85. The van der Waals surface area contributed by atoms with Gasteiger partial charge in [-0.3, -0.25) is 0 Å². The minimum Gasteiger partial charge on any atom is -0.396 e. The Hall–Kier alpha value is -0.820. The van der Waals surface area contributed by atoms with Gasteiger partial charge in [-0.15, -0.1) is 0 Å². The first-order valence-corrected chi connectivity index (χ1v) is 5.46. The molecule has 0 heterocycles. The van der Waals surface area contributed by atoms with Crippen LogP contribution in [0.3, 0.4) is 0 Å². The molecule has 14 heavy (non-hydrogen) atoms. The summed E-state index contributed by atoms with van der Waals surface area (Å²) >= 11 is 0. The number of rotatable bonds is 5. The van der Waals surface area contributed by atoms with Gasteiger partial charge in [-0.2, -0.15) is 0 Å². The molecule has 1 aromatic carbocycles. The summed E-state index contributed by atoms with van der Waals surface area (Å²) in [7, 11) is 0. The van der Waals surface area contributed by atoms with E-state index in [4.69, 9.17) is 0 Å². The molecule has 1 unspecified atom stereocenters.